The number of hydrogen-bond donors (Lipinski definition) is 0. The molecule has 0 saturated heterocycles. The van der Waals surface area contributed by atoms with Crippen LogP contribution in [0, 0.1) is 0 Å². The molecule has 0 amide bonds. The second kappa shape index (κ2) is 23.0. The Balaban J connectivity index is 4.27. The molecule has 0 atom stereocenters. The van der Waals surface area contributed by atoms with Crippen molar-refractivity contribution in [2.75, 3.05) is 0 Å². The standard InChI is InChI=1S/C60H134Ge2Si14/c1-63(2,3)55(64(4,5)6)49-43-47(59(71(25,26)27,72(28,29)30)73(31,32)33)44-50(56(65(7,8)9)66(10,11)12)53(49)61-62-54-51(57(67(13,14)15)68(16,17)18)45-48(46-52(54)58(69(19,20)21)70(22,23)24)60(74(34,35)36,75(37,38)39)76(40,41)42/h43-46,55-58H,1-42H3. The summed E-state index contributed by atoms with van der Waals surface area (Å²) in [5, 5.41) is 2.99. The van der Waals surface area contributed by atoms with Gasteiger partial charge in [-0.05, 0) is 0 Å². The maximum atomic E-state index is 3.14. The van der Waals surface area contributed by atoms with Crippen molar-refractivity contribution in [3.05, 3.63) is 57.6 Å². The Hall–Kier alpha value is 2.56. The Labute approximate surface area is 503 Å². The van der Waals surface area contributed by atoms with Crippen LogP contribution in [-0.2, 0) is 8.57 Å². The minimum atomic E-state index is -1.80. The van der Waals surface area contributed by atoms with Gasteiger partial charge < -0.3 is 0 Å². The first-order valence-electron chi connectivity index (χ1n) is 30.5. The van der Waals surface area contributed by atoms with Gasteiger partial charge in [-0.1, -0.05) is 0 Å². The molecule has 0 saturated carbocycles. The van der Waals surface area contributed by atoms with Crippen molar-refractivity contribution < 1.29 is 0 Å². The molecule has 0 N–H and O–H groups in total. The van der Waals surface area contributed by atoms with Crippen LogP contribution in [0.15, 0.2) is 24.3 Å². The van der Waals surface area contributed by atoms with E-state index in [-0.39, 0.29) is 0 Å². The zero-order valence-corrected chi connectivity index (χ0v) is 77.8. The molecule has 438 valence electrons. The van der Waals surface area contributed by atoms with Gasteiger partial charge in [0.15, 0.2) is 0 Å². The molecule has 2 aromatic carbocycles. The Morgan fingerprint density at radius 3 is 0.434 bits per heavy atom. The third kappa shape index (κ3) is 15.2. The van der Waals surface area contributed by atoms with Gasteiger partial charge in [0.25, 0.3) is 0 Å². The van der Waals surface area contributed by atoms with E-state index in [1.807, 2.05) is 33.4 Å². The average Bonchev–Trinajstić information content (AvgIpc) is 2.99. The van der Waals surface area contributed by atoms with E-state index < -0.39 is 138 Å². The molecular weight excluding hydrogens is 1260 g/mol. The molecule has 0 heterocycles. The molecule has 2 rings (SSSR count). The third-order valence-corrected chi connectivity index (χ3v) is 108. The summed E-state index contributed by atoms with van der Waals surface area (Å²) in [5.74, 6) is 0. The summed E-state index contributed by atoms with van der Waals surface area (Å²) in [6, 6.07) is 12.6. The van der Waals surface area contributed by atoms with Crippen LogP contribution in [0.5, 0.6) is 0 Å². The van der Waals surface area contributed by atoms with Gasteiger partial charge in [0.1, 0.15) is 0 Å². The first kappa shape index (κ1) is 74.7. The Bertz CT molecular complexity index is 2030. The Kier molecular flexibility index (Phi) is 22.6. The number of hydrogen-bond acceptors (Lipinski definition) is 0. The van der Waals surface area contributed by atoms with Crippen molar-refractivity contribution in [3.63, 3.8) is 0 Å². The molecule has 0 aliphatic carbocycles. The van der Waals surface area contributed by atoms with Crippen molar-refractivity contribution in [2.24, 2.45) is 0 Å². The Morgan fingerprint density at radius 1 is 0.224 bits per heavy atom. The average molecular weight is 1390 g/mol. The fourth-order valence-electron chi connectivity index (χ4n) is 21.4. The summed E-state index contributed by atoms with van der Waals surface area (Å²) < 4.78 is 4.82. The molecule has 2 aromatic rings. The Morgan fingerprint density at radius 2 is 0.342 bits per heavy atom. The molecule has 76 heavy (non-hydrogen) atoms. The molecule has 0 nitrogen and oxygen atoms in total. The van der Waals surface area contributed by atoms with Crippen molar-refractivity contribution in [1.82, 2.24) is 0 Å². The van der Waals surface area contributed by atoms with Crippen molar-refractivity contribution in [2.45, 2.75) is 304 Å². The van der Waals surface area contributed by atoms with Crippen LogP contribution < -0.4 is 8.79 Å². The van der Waals surface area contributed by atoms with Crippen LogP contribution >= 0.6 is 0 Å². The summed E-state index contributed by atoms with van der Waals surface area (Å²) in [6.45, 7) is 118. The number of rotatable bonds is 20. The predicted molar refractivity (Wildman–Crippen MR) is 405 cm³/mol. The molecule has 0 radical (unpaired) electrons. The van der Waals surface area contributed by atoms with Gasteiger partial charge >= 0.3 is 509 Å². The summed E-state index contributed by atoms with van der Waals surface area (Å²) >= 11 is -1.03. The first-order valence-corrected chi connectivity index (χ1v) is 88.7. The summed E-state index contributed by atoms with van der Waals surface area (Å²) in [5.41, 5.74) is 11.7. The molecule has 16 heteroatoms. The van der Waals surface area contributed by atoms with Crippen LogP contribution in [0.3, 0.4) is 0 Å². The quantitative estimate of drug-likeness (QED) is 0.116. The van der Waals surface area contributed by atoms with Gasteiger partial charge in [-0.25, -0.2) is 0 Å². The van der Waals surface area contributed by atoms with E-state index in [2.05, 4.69) is 308 Å². The second-order valence-electron chi connectivity index (χ2n) is 40.0. The van der Waals surface area contributed by atoms with Crippen LogP contribution in [0.25, 0.3) is 0 Å². The molecule has 0 aromatic heterocycles. The van der Waals surface area contributed by atoms with Crippen LogP contribution in [0.1, 0.15) is 54.0 Å². The van der Waals surface area contributed by atoms with Gasteiger partial charge in [-0.15, -0.1) is 0 Å². The van der Waals surface area contributed by atoms with E-state index in [1.54, 1.807) is 0 Å². The zero-order valence-electron chi connectivity index (χ0n) is 59.6. The molecule has 0 aliphatic rings. The van der Waals surface area contributed by atoms with E-state index in [0.717, 1.165) is 20.7 Å². The van der Waals surface area contributed by atoms with Crippen molar-refractivity contribution in [3.8, 4) is 0 Å². The fourth-order valence-corrected chi connectivity index (χ4v) is 147. The summed E-state index contributed by atoms with van der Waals surface area (Å²) in [7, 11) is -24.6. The molecule has 0 unspecified atom stereocenters. The van der Waals surface area contributed by atoms with Crippen molar-refractivity contribution in [1.29, 1.82) is 0 Å². The van der Waals surface area contributed by atoms with E-state index in [1.165, 1.54) is 0 Å². The number of benzene rings is 2. The van der Waals surface area contributed by atoms with E-state index >= 15 is 0 Å². The van der Waals surface area contributed by atoms with Crippen LogP contribution in [0.4, 0.5) is 0 Å². The fraction of sp³-hybridized carbons (Fsp3) is 0.800. The SMILES string of the molecule is C[Si](C)(C)C(c1cc(C([Si](C)(C)C)([Si](C)(C)C)[Si](C)(C)C)cc(C([Si](C)(C)C)[Si](C)(C)C)[c]1[Ge]#[Ge][c]1c(C([Si](C)(C)C)[Si](C)(C)C)cc(C([Si](C)(C)C)([Si](C)(C)C)[Si](C)(C)C)cc1C([Si](C)(C)C)[Si](C)(C)C)[Si](C)(C)C. The van der Waals surface area contributed by atoms with E-state index in [4.69, 9.17) is 0 Å². The van der Waals surface area contributed by atoms with Gasteiger partial charge in [-0.2, -0.15) is 0 Å². The maximum absolute atomic E-state index is 3.14. The van der Waals surface area contributed by atoms with Gasteiger partial charge in [-0.3, -0.25) is 0 Å². The molecule has 0 spiro atoms. The topological polar surface area (TPSA) is 0 Å². The second-order valence-corrected chi connectivity index (χ2v) is 128. The predicted octanol–water partition coefficient (Wildman–Crippen LogP) is 20.1. The molecule has 0 bridgehead atoms. The van der Waals surface area contributed by atoms with E-state index in [9.17, 15) is 0 Å². The van der Waals surface area contributed by atoms with E-state index in [0.29, 0.717) is 8.57 Å². The molecule has 0 fully saturated rings. The third-order valence-electron chi connectivity index (χ3n) is 18.5. The van der Waals surface area contributed by atoms with Crippen molar-refractivity contribution >= 4 is 147 Å². The van der Waals surface area contributed by atoms with Crippen LogP contribution in [0.2, 0.25) is 275 Å². The molecular formula is C60H134Ge2Si14. The van der Waals surface area contributed by atoms with Gasteiger partial charge in [0.05, 0.1) is 0 Å². The van der Waals surface area contributed by atoms with Gasteiger partial charge in [0.2, 0.25) is 0 Å². The van der Waals surface area contributed by atoms with Gasteiger partial charge in [0, 0.05) is 0 Å². The monoisotopic (exact) mass is 1390 g/mol. The minimum absolute atomic E-state index is 0.355. The first-order chi connectivity index (χ1) is 32.6. The summed E-state index contributed by atoms with van der Waals surface area (Å²) in [4.78, 5) is 0. The molecule has 0 aliphatic heterocycles. The summed E-state index contributed by atoms with van der Waals surface area (Å²) in [6.07, 6.45) is 0. The zero-order chi connectivity index (χ0) is 61.2. The normalized spacial score (nSPS) is 15.6. The van der Waals surface area contributed by atoms with Crippen LogP contribution in [-0.4, -0.2) is 138 Å².